The van der Waals surface area contributed by atoms with E-state index in [2.05, 4.69) is 5.32 Å². The molecule has 2 aliphatic rings. The maximum atomic E-state index is 12.3. The van der Waals surface area contributed by atoms with Crippen molar-refractivity contribution < 1.29 is 4.79 Å². The Morgan fingerprint density at radius 1 is 1.28 bits per heavy atom. The standard InChI is InChI=1S/C15H20N2O/c18-15(9-12-5-2-1-3-6-12)17-10-13-7-4-8-16-14(13)11-17/h1-3,5-6,13-14,16H,4,7-11H2/t13-,14+/m0/s1. The van der Waals surface area contributed by atoms with Gasteiger partial charge in [0.1, 0.15) is 0 Å². The van der Waals surface area contributed by atoms with Gasteiger partial charge < -0.3 is 10.2 Å². The Balaban J connectivity index is 1.60. The summed E-state index contributed by atoms with van der Waals surface area (Å²) >= 11 is 0. The molecule has 0 bridgehead atoms. The van der Waals surface area contributed by atoms with Crippen LogP contribution >= 0.6 is 0 Å². The SMILES string of the molecule is O=C(Cc1ccccc1)N1C[C@@H]2CCCN[C@@H]2C1. The van der Waals surface area contributed by atoms with Gasteiger partial charge in [-0.2, -0.15) is 0 Å². The Bertz CT molecular complexity index is 404. The number of carbonyl (C=O) groups excluding carboxylic acids is 1. The van der Waals surface area contributed by atoms with Crippen molar-refractivity contribution in [1.82, 2.24) is 10.2 Å². The minimum Gasteiger partial charge on any atom is -0.341 e. The van der Waals surface area contributed by atoms with Crippen molar-refractivity contribution in [1.29, 1.82) is 0 Å². The molecule has 3 rings (SSSR count). The first kappa shape index (κ1) is 11.7. The lowest BCUT2D eigenvalue weighted by atomic mass is 9.94. The van der Waals surface area contributed by atoms with E-state index in [1.807, 2.05) is 35.2 Å². The van der Waals surface area contributed by atoms with Crippen LogP contribution in [0.2, 0.25) is 0 Å². The van der Waals surface area contributed by atoms with E-state index in [1.54, 1.807) is 0 Å². The van der Waals surface area contributed by atoms with Crippen molar-refractivity contribution in [2.24, 2.45) is 5.92 Å². The lowest BCUT2D eigenvalue weighted by Crippen LogP contribution is -2.41. The third-order valence-corrected chi connectivity index (χ3v) is 4.15. The van der Waals surface area contributed by atoms with E-state index in [4.69, 9.17) is 0 Å². The molecule has 0 aliphatic carbocycles. The second-order valence-corrected chi connectivity index (χ2v) is 5.42. The smallest absolute Gasteiger partial charge is 0.227 e. The summed E-state index contributed by atoms with van der Waals surface area (Å²) in [5.74, 6) is 0.955. The molecule has 2 saturated heterocycles. The summed E-state index contributed by atoms with van der Waals surface area (Å²) in [5.41, 5.74) is 1.12. The Kier molecular flexibility index (Phi) is 3.33. The van der Waals surface area contributed by atoms with Crippen molar-refractivity contribution in [3.63, 3.8) is 0 Å². The first-order valence-electron chi connectivity index (χ1n) is 6.88. The van der Waals surface area contributed by atoms with Gasteiger partial charge in [0.05, 0.1) is 6.42 Å². The summed E-state index contributed by atoms with van der Waals surface area (Å²) in [6, 6.07) is 10.6. The second-order valence-electron chi connectivity index (χ2n) is 5.42. The number of nitrogens with zero attached hydrogens (tertiary/aromatic N) is 1. The number of piperidine rings is 1. The fourth-order valence-electron chi connectivity index (χ4n) is 3.13. The van der Waals surface area contributed by atoms with E-state index in [1.165, 1.54) is 12.8 Å². The summed E-state index contributed by atoms with van der Waals surface area (Å²) < 4.78 is 0. The lowest BCUT2D eigenvalue weighted by Gasteiger charge is -2.24. The molecular weight excluding hydrogens is 224 g/mol. The van der Waals surface area contributed by atoms with Crippen molar-refractivity contribution in [3.05, 3.63) is 35.9 Å². The van der Waals surface area contributed by atoms with Crippen molar-refractivity contribution in [2.75, 3.05) is 19.6 Å². The average Bonchev–Trinajstić information content (AvgIpc) is 2.84. The summed E-state index contributed by atoms with van der Waals surface area (Å²) in [6.45, 7) is 2.96. The van der Waals surface area contributed by atoms with Gasteiger partial charge in [-0.3, -0.25) is 4.79 Å². The molecule has 2 aliphatic heterocycles. The highest BCUT2D eigenvalue weighted by Gasteiger charge is 2.36. The van der Waals surface area contributed by atoms with Crippen LogP contribution in [-0.2, 0) is 11.2 Å². The van der Waals surface area contributed by atoms with Crippen molar-refractivity contribution in [2.45, 2.75) is 25.3 Å². The number of nitrogens with one attached hydrogen (secondary N) is 1. The molecular formula is C15H20N2O. The maximum Gasteiger partial charge on any atom is 0.227 e. The highest BCUT2D eigenvalue weighted by molar-refractivity contribution is 5.79. The van der Waals surface area contributed by atoms with Crippen LogP contribution < -0.4 is 5.32 Å². The molecule has 0 unspecified atom stereocenters. The molecule has 2 atom stereocenters. The number of hydrogen-bond acceptors (Lipinski definition) is 2. The fourth-order valence-corrected chi connectivity index (χ4v) is 3.13. The van der Waals surface area contributed by atoms with Crippen LogP contribution in [0.5, 0.6) is 0 Å². The maximum absolute atomic E-state index is 12.3. The molecule has 1 aromatic rings. The summed E-state index contributed by atoms with van der Waals surface area (Å²) in [7, 11) is 0. The first-order chi connectivity index (χ1) is 8.83. The predicted molar refractivity (Wildman–Crippen MR) is 71.2 cm³/mol. The quantitative estimate of drug-likeness (QED) is 0.854. The molecule has 0 saturated carbocycles. The van der Waals surface area contributed by atoms with Crippen molar-refractivity contribution in [3.8, 4) is 0 Å². The van der Waals surface area contributed by atoms with E-state index in [-0.39, 0.29) is 5.91 Å². The van der Waals surface area contributed by atoms with E-state index >= 15 is 0 Å². The van der Waals surface area contributed by atoms with E-state index in [9.17, 15) is 4.79 Å². The van der Waals surface area contributed by atoms with Crippen LogP contribution in [0.3, 0.4) is 0 Å². The molecule has 1 amide bonds. The van der Waals surface area contributed by atoms with Crippen LogP contribution in [-0.4, -0.2) is 36.5 Å². The number of fused-ring (bicyclic) bond motifs is 1. The van der Waals surface area contributed by atoms with Crippen LogP contribution in [0.15, 0.2) is 30.3 Å². The molecule has 0 radical (unpaired) electrons. The van der Waals surface area contributed by atoms with E-state index in [0.29, 0.717) is 18.4 Å². The normalized spacial score (nSPS) is 27.0. The molecule has 96 valence electrons. The molecule has 2 fully saturated rings. The zero-order valence-corrected chi connectivity index (χ0v) is 10.6. The van der Waals surface area contributed by atoms with E-state index in [0.717, 1.165) is 25.2 Å². The number of hydrogen-bond donors (Lipinski definition) is 1. The van der Waals surface area contributed by atoms with Gasteiger partial charge in [-0.15, -0.1) is 0 Å². The Morgan fingerprint density at radius 2 is 2.11 bits per heavy atom. The number of rotatable bonds is 2. The highest BCUT2D eigenvalue weighted by Crippen LogP contribution is 2.25. The molecule has 3 nitrogen and oxygen atoms in total. The lowest BCUT2D eigenvalue weighted by molar-refractivity contribution is -0.129. The molecule has 0 spiro atoms. The molecule has 3 heteroatoms. The Labute approximate surface area is 108 Å². The largest absolute Gasteiger partial charge is 0.341 e. The Hall–Kier alpha value is -1.35. The van der Waals surface area contributed by atoms with Crippen LogP contribution in [0.4, 0.5) is 0 Å². The van der Waals surface area contributed by atoms with Gasteiger partial charge in [-0.25, -0.2) is 0 Å². The molecule has 0 aromatic heterocycles. The molecule has 1 N–H and O–H groups in total. The summed E-state index contributed by atoms with van der Waals surface area (Å²) in [4.78, 5) is 14.3. The monoisotopic (exact) mass is 244 g/mol. The number of benzene rings is 1. The van der Waals surface area contributed by atoms with E-state index < -0.39 is 0 Å². The van der Waals surface area contributed by atoms with Gasteiger partial charge in [0.2, 0.25) is 5.91 Å². The molecule has 18 heavy (non-hydrogen) atoms. The first-order valence-corrected chi connectivity index (χ1v) is 6.88. The second kappa shape index (κ2) is 5.11. The van der Waals surface area contributed by atoms with Gasteiger partial charge in [-0.1, -0.05) is 30.3 Å². The zero-order valence-electron chi connectivity index (χ0n) is 10.6. The average molecular weight is 244 g/mol. The topological polar surface area (TPSA) is 32.3 Å². The minimum atomic E-state index is 0.275. The summed E-state index contributed by atoms with van der Waals surface area (Å²) in [5, 5.41) is 3.54. The van der Waals surface area contributed by atoms with Gasteiger partial charge in [0, 0.05) is 19.1 Å². The number of amides is 1. The Morgan fingerprint density at radius 3 is 2.89 bits per heavy atom. The number of likely N-dealkylation sites (tertiary alicyclic amines) is 1. The van der Waals surface area contributed by atoms with Gasteiger partial charge >= 0.3 is 0 Å². The third-order valence-electron chi connectivity index (χ3n) is 4.15. The van der Waals surface area contributed by atoms with Gasteiger partial charge in [0.25, 0.3) is 0 Å². The predicted octanol–water partition coefficient (Wildman–Crippen LogP) is 1.44. The van der Waals surface area contributed by atoms with Gasteiger partial charge in [0.15, 0.2) is 0 Å². The fraction of sp³-hybridized carbons (Fsp3) is 0.533. The molecule has 1 aromatic carbocycles. The number of carbonyl (C=O) groups is 1. The van der Waals surface area contributed by atoms with Gasteiger partial charge in [-0.05, 0) is 30.9 Å². The third kappa shape index (κ3) is 2.41. The van der Waals surface area contributed by atoms with Crippen LogP contribution in [0.25, 0.3) is 0 Å². The summed E-state index contributed by atoms with van der Waals surface area (Å²) in [6.07, 6.45) is 3.06. The van der Waals surface area contributed by atoms with Crippen LogP contribution in [0, 0.1) is 5.92 Å². The molecule has 2 heterocycles. The highest BCUT2D eigenvalue weighted by atomic mass is 16.2. The van der Waals surface area contributed by atoms with Crippen LogP contribution in [0.1, 0.15) is 18.4 Å². The zero-order chi connectivity index (χ0) is 12.4. The van der Waals surface area contributed by atoms with Crippen molar-refractivity contribution >= 4 is 5.91 Å². The minimum absolute atomic E-state index is 0.275.